The Kier molecular flexibility index (Phi) is 5.14. The molecule has 130 valence electrons. The normalized spacial score (nSPS) is 10.3. The number of benzene rings is 2. The van der Waals surface area contributed by atoms with E-state index in [9.17, 15) is 4.79 Å². The van der Waals surface area contributed by atoms with E-state index in [1.807, 2.05) is 48.9 Å². The van der Waals surface area contributed by atoms with Gasteiger partial charge in [-0.15, -0.1) is 0 Å². The van der Waals surface area contributed by atoms with E-state index < -0.39 is 0 Å². The van der Waals surface area contributed by atoms with Gasteiger partial charge in [-0.3, -0.25) is 4.79 Å². The van der Waals surface area contributed by atoms with Gasteiger partial charge in [-0.05, 0) is 43.7 Å². The molecule has 0 bridgehead atoms. The van der Waals surface area contributed by atoms with Crippen LogP contribution in [0.25, 0.3) is 5.69 Å². The first-order valence-corrected chi connectivity index (χ1v) is 8.33. The first kappa shape index (κ1) is 17.4. The number of nitrogens with zero attached hydrogens (tertiary/aromatic N) is 3. The summed E-state index contributed by atoms with van der Waals surface area (Å²) in [5.41, 5.74) is 5.04. The van der Waals surface area contributed by atoms with E-state index >= 15 is 0 Å². The van der Waals surface area contributed by atoms with E-state index in [0.717, 1.165) is 28.2 Å². The summed E-state index contributed by atoms with van der Waals surface area (Å²) in [6.45, 7) is 4.04. The largest absolute Gasteiger partial charge is 0.461 e. The fraction of sp³-hybridized carbons (Fsp3) is 0.190. The summed E-state index contributed by atoms with van der Waals surface area (Å²) in [7, 11) is 0. The summed E-state index contributed by atoms with van der Waals surface area (Å²) in [6.07, 6.45) is 0.181. The summed E-state index contributed by atoms with van der Waals surface area (Å²) < 4.78 is 7.22. The number of para-hydroxylation sites is 1. The smallest absolute Gasteiger partial charge is 0.310 e. The number of carbonyl (C=O) groups excluding carboxylic acids is 1. The molecule has 5 heteroatoms. The molecule has 0 spiro atoms. The zero-order chi connectivity index (χ0) is 18.5. The fourth-order valence-electron chi connectivity index (χ4n) is 2.79. The molecule has 3 aromatic rings. The molecule has 5 nitrogen and oxygen atoms in total. The lowest BCUT2D eigenvalue weighted by atomic mass is 10.1. The predicted molar refractivity (Wildman–Crippen MR) is 97.7 cm³/mol. The second kappa shape index (κ2) is 7.66. The van der Waals surface area contributed by atoms with E-state index in [0.29, 0.717) is 5.56 Å². The quantitative estimate of drug-likeness (QED) is 0.662. The molecule has 0 aliphatic heterocycles. The third-order valence-electron chi connectivity index (χ3n) is 4.25. The van der Waals surface area contributed by atoms with Crippen LogP contribution in [0, 0.1) is 25.2 Å². The molecule has 2 aromatic carbocycles. The zero-order valence-corrected chi connectivity index (χ0v) is 14.8. The van der Waals surface area contributed by atoms with Gasteiger partial charge in [-0.1, -0.05) is 30.3 Å². The maximum Gasteiger partial charge on any atom is 0.310 e. The number of esters is 1. The highest BCUT2D eigenvalue weighted by Crippen LogP contribution is 2.19. The Hall–Kier alpha value is -3.39. The molecule has 0 N–H and O–H groups in total. The summed E-state index contributed by atoms with van der Waals surface area (Å²) >= 11 is 0. The molecule has 26 heavy (non-hydrogen) atoms. The molecule has 3 rings (SSSR count). The number of rotatable bonds is 5. The lowest BCUT2D eigenvalue weighted by Crippen LogP contribution is -2.09. The van der Waals surface area contributed by atoms with E-state index in [4.69, 9.17) is 10.00 Å². The van der Waals surface area contributed by atoms with Gasteiger partial charge in [0.05, 0.1) is 29.4 Å². The van der Waals surface area contributed by atoms with Gasteiger partial charge in [-0.25, -0.2) is 4.68 Å². The van der Waals surface area contributed by atoms with E-state index in [-0.39, 0.29) is 19.0 Å². The molecule has 0 aliphatic rings. The standard InChI is InChI=1S/C21H19N3O2/c1-15-20(16(2)24(23-15)19-6-4-3-5-7-19)12-21(25)26-14-18-10-8-17(13-22)9-11-18/h3-11H,12,14H2,1-2H3. The Bertz CT molecular complexity index is 951. The van der Waals surface area contributed by atoms with Crippen LogP contribution in [0.1, 0.15) is 28.1 Å². The second-order valence-electron chi connectivity index (χ2n) is 6.04. The Labute approximate surface area is 152 Å². The molecule has 0 fully saturated rings. The first-order chi connectivity index (χ1) is 12.6. The average molecular weight is 345 g/mol. The van der Waals surface area contributed by atoms with Crippen molar-refractivity contribution in [2.75, 3.05) is 0 Å². The molecule has 0 amide bonds. The summed E-state index contributed by atoms with van der Waals surface area (Å²) in [6, 6.07) is 18.9. The van der Waals surface area contributed by atoms with Crippen molar-refractivity contribution in [1.82, 2.24) is 9.78 Å². The van der Waals surface area contributed by atoms with Gasteiger partial charge in [0.15, 0.2) is 0 Å². The highest BCUT2D eigenvalue weighted by molar-refractivity contribution is 5.73. The Morgan fingerprint density at radius 1 is 1.12 bits per heavy atom. The minimum atomic E-state index is -0.298. The van der Waals surface area contributed by atoms with Gasteiger partial charge in [0.2, 0.25) is 0 Å². The van der Waals surface area contributed by atoms with Crippen LogP contribution in [0.5, 0.6) is 0 Å². The maximum absolute atomic E-state index is 12.2. The average Bonchev–Trinajstić information content (AvgIpc) is 2.95. The zero-order valence-electron chi connectivity index (χ0n) is 14.8. The molecule has 0 saturated carbocycles. The molecule has 0 saturated heterocycles. The number of ether oxygens (including phenoxy) is 1. The molecular weight excluding hydrogens is 326 g/mol. The SMILES string of the molecule is Cc1nn(-c2ccccc2)c(C)c1CC(=O)OCc1ccc(C#N)cc1. The van der Waals surface area contributed by atoms with Crippen molar-refractivity contribution in [3.05, 3.63) is 82.7 Å². The maximum atomic E-state index is 12.2. The second-order valence-corrected chi connectivity index (χ2v) is 6.04. The van der Waals surface area contributed by atoms with Crippen LogP contribution < -0.4 is 0 Å². The van der Waals surface area contributed by atoms with Crippen molar-refractivity contribution >= 4 is 5.97 Å². The number of aryl methyl sites for hydroxylation is 1. The number of carbonyl (C=O) groups is 1. The lowest BCUT2D eigenvalue weighted by Gasteiger charge is -2.07. The summed E-state index contributed by atoms with van der Waals surface area (Å²) in [5.74, 6) is -0.298. The van der Waals surface area contributed by atoms with Crippen molar-refractivity contribution < 1.29 is 9.53 Å². The van der Waals surface area contributed by atoms with Gasteiger partial charge in [0.1, 0.15) is 6.61 Å². The molecule has 0 radical (unpaired) electrons. The van der Waals surface area contributed by atoms with Gasteiger partial charge in [0, 0.05) is 11.3 Å². The van der Waals surface area contributed by atoms with Crippen molar-refractivity contribution in [2.45, 2.75) is 26.9 Å². The van der Waals surface area contributed by atoms with Crippen molar-refractivity contribution in [3.8, 4) is 11.8 Å². The number of aromatic nitrogens is 2. The third kappa shape index (κ3) is 3.81. The Balaban J connectivity index is 1.67. The first-order valence-electron chi connectivity index (χ1n) is 8.33. The third-order valence-corrected chi connectivity index (χ3v) is 4.25. The van der Waals surface area contributed by atoms with E-state index in [2.05, 4.69) is 11.2 Å². The minimum absolute atomic E-state index is 0.181. The Morgan fingerprint density at radius 2 is 1.81 bits per heavy atom. The van der Waals surface area contributed by atoms with Crippen LogP contribution in [-0.2, 0) is 22.6 Å². The van der Waals surface area contributed by atoms with Gasteiger partial charge >= 0.3 is 5.97 Å². The molecule has 1 aromatic heterocycles. The summed E-state index contributed by atoms with van der Waals surface area (Å²) in [5, 5.41) is 13.4. The van der Waals surface area contributed by atoms with Crippen LogP contribution in [0.15, 0.2) is 54.6 Å². The lowest BCUT2D eigenvalue weighted by molar-refractivity contribution is -0.144. The number of hydrogen-bond donors (Lipinski definition) is 0. The van der Waals surface area contributed by atoms with E-state index in [1.54, 1.807) is 24.3 Å². The number of nitriles is 1. The van der Waals surface area contributed by atoms with Crippen LogP contribution >= 0.6 is 0 Å². The van der Waals surface area contributed by atoms with Crippen molar-refractivity contribution in [1.29, 1.82) is 5.26 Å². The highest BCUT2D eigenvalue weighted by atomic mass is 16.5. The molecule has 0 aliphatic carbocycles. The topological polar surface area (TPSA) is 67.9 Å². The Morgan fingerprint density at radius 3 is 2.46 bits per heavy atom. The fourth-order valence-corrected chi connectivity index (χ4v) is 2.79. The number of hydrogen-bond acceptors (Lipinski definition) is 4. The van der Waals surface area contributed by atoms with Crippen LogP contribution in [0.4, 0.5) is 0 Å². The molecule has 0 unspecified atom stereocenters. The van der Waals surface area contributed by atoms with Gasteiger partial charge < -0.3 is 4.74 Å². The molecular formula is C21H19N3O2. The summed E-state index contributed by atoms with van der Waals surface area (Å²) in [4.78, 5) is 12.2. The van der Waals surface area contributed by atoms with Crippen molar-refractivity contribution in [2.24, 2.45) is 0 Å². The van der Waals surface area contributed by atoms with Gasteiger partial charge in [-0.2, -0.15) is 10.4 Å². The van der Waals surface area contributed by atoms with E-state index in [1.165, 1.54) is 0 Å². The van der Waals surface area contributed by atoms with Gasteiger partial charge in [0.25, 0.3) is 0 Å². The van der Waals surface area contributed by atoms with Crippen LogP contribution in [0.2, 0.25) is 0 Å². The molecule has 1 heterocycles. The monoisotopic (exact) mass is 345 g/mol. The van der Waals surface area contributed by atoms with Crippen LogP contribution in [-0.4, -0.2) is 15.7 Å². The van der Waals surface area contributed by atoms with Crippen molar-refractivity contribution in [3.63, 3.8) is 0 Å². The predicted octanol–water partition coefficient (Wildman–Crippen LogP) is 3.65. The minimum Gasteiger partial charge on any atom is -0.461 e. The molecule has 0 atom stereocenters. The highest BCUT2D eigenvalue weighted by Gasteiger charge is 2.16. The van der Waals surface area contributed by atoms with Crippen LogP contribution in [0.3, 0.4) is 0 Å².